The number of rotatable bonds is 4. The summed E-state index contributed by atoms with van der Waals surface area (Å²) in [7, 11) is 1.75. The lowest BCUT2D eigenvalue weighted by Gasteiger charge is -2.50. The predicted molar refractivity (Wildman–Crippen MR) is 68.0 cm³/mol. The molecule has 0 heterocycles. The number of hydrogen-bond donors (Lipinski definition) is 0. The Labute approximate surface area is 98.8 Å². The molecule has 88 valence electrons. The Morgan fingerprint density at radius 3 is 2.69 bits per heavy atom. The van der Waals surface area contributed by atoms with E-state index in [0.29, 0.717) is 5.41 Å². The zero-order chi connectivity index (χ0) is 11.6. The molecule has 1 fully saturated rings. The highest BCUT2D eigenvalue weighted by atomic mass is 16.5. The summed E-state index contributed by atoms with van der Waals surface area (Å²) in [4.78, 5) is 0. The number of hydrogen-bond acceptors (Lipinski definition) is 1. The van der Waals surface area contributed by atoms with Gasteiger partial charge >= 0.3 is 0 Å². The average molecular weight is 218 g/mol. The largest absolute Gasteiger partial charge is 0.497 e. The summed E-state index contributed by atoms with van der Waals surface area (Å²) in [6, 6.07) is 8.66. The summed E-state index contributed by atoms with van der Waals surface area (Å²) in [5.41, 5.74) is 1.91. The molecule has 0 amide bonds. The highest BCUT2D eigenvalue weighted by Crippen LogP contribution is 2.53. The van der Waals surface area contributed by atoms with E-state index in [1.165, 1.54) is 31.2 Å². The van der Waals surface area contributed by atoms with Crippen LogP contribution in [0.1, 0.15) is 45.1 Å². The van der Waals surface area contributed by atoms with Gasteiger partial charge in [0.2, 0.25) is 0 Å². The van der Waals surface area contributed by atoms with Gasteiger partial charge in [-0.05, 0) is 48.3 Å². The third-order valence-corrected chi connectivity index (χ3v) is 4.49. The van der Waals surface area contributed by atoms with Crippen molar-refractivity contribution in [3.05, 3.63) is 29.8 Å². The highest BCUT2D eigenvalue weighted by Gasteiger charge is 2.45. The monoisotopic (exact) mass is 218 g/mol. The third kappa shape index (κ3) is 1.63. The maximum Gasteiger partial charge on any atom is 0.119 e. The molecule has 16 heavy (non-hydrogen) atoms. The molecule has 1 heteroatoms. The van der Waals surface area contributed by atoms with Crippen LogP contribution in [0.5, 0.6) is 5.75 Å². The first kappa shape index (κ1) is 11.5. The van der Waals surface area contributed by atoms with Gasteiger partial charge < -0.3 is 4.74 Å². The fourth-order valence-electron chi connectivity index (χ4n) is 3.27. The standard InChI is InChI=1S/C15H22O/c1-4-12-9-10-15(12,5-2)13-7-6-8-14(11-13)16-3/h6-8,11-12H,4-5,9-10H2,1-3H3. The summed E-state index contributed by atoms with van der Waals surface area (Å²) in [5.74, 6) is 1.86. The maximum absolute atomic E-state index is 5.33. The summed E-state index contributed by atoms with van der Waals surface area (Å²) < 4.78 is 5.33. The van der Waals surface area contributed by atoms with Crippen LogP contribution in [-0.2, 0) is 5.41 Å². The molecule has 0 bridgehead atoms. The van der Waals surface area contributed by atoms with Crippen LogP contribution < -0.4 is 4.74 Å². The van der Waals surface area contributed by atoms with Crippen LogP contribution in [0.2, 0.25) is 0 Å². The first-order valence-corrected chi connectivity index (χ1v) is 6.41. The van der Waals surface area contributed by atoms with Gasteiger partial charge in [0.25, 0.3) is 0 Å². The van der Waals surface area contributed by atoms with Crippen molar-refractivity contribution in [2.24, 2.45) is 5.92 Å². The fourth-order valence-corrected chi connectivity index (χ4v) is 3.27. The van der Waals surface area contributed by atoms with Crippen molar-refractivity contribution in [2.45, 2.75) is 44.9 Å². The second kappa shape index (κ2) is 4.48. The zero-order valence-electron chi connectivity index (χ0n) is 10.6. The molecule has 1 saturated carbocycles. The first-order valence-electron chi connectivity index (χ1n) is 6.41. The molecular formula is C15H22O. The Morgan fingerprint density at radius 2 is 2.19 bits per heavy atom. The zero-order valence-corrected chi connectivity index (χ0v) is 10.6. The summed E-state index contributed by atoms with van der Waals surface area (Å²) >= 11 is 0. The van der Waals surface area contributed by atoms with E-state index in [0.717, 1.165) is 11.7 Å². The SMILES string of the molecule is CCC1CCC1(CC)c1cccc(OC)c1. The molecule has 2 rings (SSSR count). The van der Waals surface area contributed by atoms with Crippen LogP contribution in [0, 0.1) is 5.92 Å². The van der Waals surface area contributed by atoms with Gasteiger partial charge in [-0.25, -0.2) is 0 Å². The summed E-state index contributed by atoms with van der Waals surface area (Å²) in [5, 5.41) is 0. The second-order valence-electron chi connectivity index (χ2n) is 4.89. The van der Waals surface area contributed by atoms with E-state index in [1.807, 2.05) is 6.07 Å². The van der Waals surface area contributed by atoms with Gasteiger partial charge in [-0.2, -0.15) is 0 Å². The van der Waals surface area contributed by atoms with E-state index in [2.05, 4.69) is 32.0 Å². The molecule has 0 aliphatic heterocycles. The van der Waals surface area contributed by atoms with Crippen molar-refractivity contribution < 1.29 is 4.74 Å². The predicted octanol–water partition coefficient (Wildman–Crippen LogP) is 4.16. The van der Waals surface area contributed by atoms with Gasteiger partial charge in [0.1, 0.15) is 5.75 Å². The Kier molecular flexibility index (Phi) is 3.22. The molecule has 0 aromatic heterocycles. The first-order chi connectivity index (χ1) is 7.76. The Hall–Kier alpha value is -0.980. The van der Waals surface area contributed by atoms with Gasteiger partial charge in [-0.15, -0.1) is 0 Å². The Morgan fingerprint density at radius 1 is 1.38 bits per heavy atom. The number of methoxy groups -OCH3 is 1. The normalized spacial score (nSPS) is 28.6. The Bertz CT molecular complexity index is 352. The van der Waals surface area contributed by atoms with Gasteiger partial charge in [0.15, 0.2) is 0 Å². The third-order valence-electron chi connectivity index (χ3n) is 4.49. The Balaban J connectivity index is 2.33. The highest BCUT2D eigenvalue weighted by molar-refractivity contribution is 5.36. The molecule has 0 N–H and O–H groups in total. The van der Waals surface area contributed by atoms with E-state index in [1.54, 1.807) is 7.11 Å². The van der Waals surface area contributed by atoms with Crippen molar-refractivity contribution in [1.82, 2.24) is 0 Å². The van der Waals surface area contributed by atoms with Crippen LogP contribution in [0.3, 0.4) is 0 Å². The minimum absolute atomic E-state index is 0.434. The van der Waals surface area contributed by atoms with Gasteiger partial charge in [-0.3, -0.25) is 0 Å². The molecule has 0 spiro atoms. The van der Waals surface area contributed by atoms with E-state index < -0.39 is 0 Å². The van der Waals surface area contributed by atoms with E-state index in [4.69, 9.17) is 4.74 Å². The van der Waals surface area contributed by atoms with Crippen LogP contribution in [-0.4, -0.2) is 7.11 Å². The molecular weight excluding hydrogens is 196 g/mol. The van der Waals surface area contributed by atoms with Gasteiger partial charge in [0.05, 0.1) is 7.11 Å². The van der Waals surface area contributed by atoms with Crippen molar-refractivity contribution in [3.8, 4) is 5.75 Å². The maximum atomic E-state index is 5.33. The molecule has 2 unspecified atom stereocenters. The van der Waals surface area contributed by atoms with Crippen LogP contribution in [0.4, 0.5) is 0 Å². The van der Waals surface area contributed by atoms with Gasteiger partial charge in [-0.1, -0.05) is 32.4 Å². The minimum Gasteiger partial charge on any atom is -0.497 e. The lowest BCUT2D eigenvalue weighted by Crippen LogP contribution is -2.43. The molecule has 0 saturated heterocycles. The summed E-state index contributed by atoms with van der Waals surface area (Å²) in [6.07, 6.45) is 5.28. The van der Waals surface area contributed by atoms with Crippen LogP contribution in [0.25, 0.3) is 0 Å². The number of benzene rings is 1. The quantitative estimate of drug-likeness (QED) is 0.737. The van der Waals surface area contributed by atoms with Crippen LogP contribution >= 0.6 is 0 Å². The van der Waals surface area contributed by atoms with E-state index in [-0.39, 0.29) is 0 Å². The van der Waals surface area contributed by atoms with Crippen molar-refractivity contribution in [3.63, 3.8) is 0 Å². The molecule has 1 aliphatic rings. The molecule has 1 aromatic rings. The lowest BCUT2D eigenvalue weighted by molar-refractivity contribution is 0.110. The molecule has 0 radical (unpaired) electrons. The van der Waals surface area contributed by atoms with E-state index in [9.17, 15) is 0 Å². The van der Waals surface area contributed by atoms with Crippen LogP contribution in [0.15, 0.2) is 24.3 Å². The second-order valence-corrected chi connectivity index (χ2v) is 4.89. The fraction of sp³-hybridized carbons (Fsp3) is 0.600. The minimum atomic E-state index is 0.434. The summed E-state index contributed by atoms with van der Waals surface area (Å²) in [6.45, 7) is 4.63. The number of ether oxygens (including phenoxy) is 1. The smallest absolute Gasteiger partial charge is 0.119 e. The molecule has 2 atom stereocenters. The molecule has 1 aromatic carbocycles. The molecule has 1 nitrogen and oxygen atoms in total. The topological polar surface area (TPSA) is 9.23 Å². The lowest BCUT2D eigenvalue weighted by atomic mass is 9.54. The van der Waals surface area contributed by atoms with Crippen molar-refractivity contribution >= 4 is 0 Å². The average Bonchev–Trinajstić information content (AvgIpc) is 2.30. The van der Waals surface area contributed by atoms with Crippen molar-refractivity contribution in [1.29, 1.82) is 0 Å². The van der Waals surface area contributed by atoms with Gasteiger partial charge in [0, 0.05) is 0 Å². The van der Waals surface area contributed by atoms with Crippen molar-refractivity contribution in [2.75, 3.05) is 7.11 Å². The molecule has 1 aliphatic carbocycles. The van der Waals surface area contributed by atoms with E-state index >= 15 is 0 Å².